The van der Waals surface area contributed by atoms with Crippen LogP contribution in [-0.4, -0.2) is 59.9 Å². The molecule has 1 aliphatic rings. The maximum atomic E-state index is 9.91. The predicted octanol–water partition coefficient (Wildman–Crippen LogP) is 3.64. The molecule has 0 amide bonds. The Balaban J connectivity index is 1.70. The van der Waals surface area contributed by atoms with E-state index in [9.17, 15) is 10.2 Å². The van der Waals surface area contributed by atoms with E-state index in [1.165, 1.54) is 24.6 Å². The van der Waals surface area contributed by atoms with E-state index in [1.54, 1.807) is 24.3 Å². The van der Waals surface area contributed by atoms with Gasteiger partial charge in [-0.15, -0.1) is 5.10 Å². The molecule has 0 unspecified atom stereocenters. The molecule has 1 aliphatic heterocycles. The summed E-state index contributed by atoms with van der Waals surface area (Å²) in [6.07, 6.45) is 6.64. The Bertz CT molecular complexity index is 999. The van der Waals surface area contributed by atoms with Crippen LogP contribution in [0.1, 0.15) is 24.0 Å². The average molecular weight is 490 g/mol. The lowest BCUT2D eigenvalue weighted by atomic mass is 9.99. The normalized spacial score (nSPS) is 16.3. The second kappa shape index (κ2) is 12.2. The molecule has 174 valence electrons. The van der Waals surface area contributed by atoms with Crippen molar-refractivity contribution in [2.24, 2.45) is 26.3 Å². The maximum Gasteiger partial charge on any atom is 0.257 e. The fourth-order valence-electron chi connectivity index (χ4n) is 3.02. The lowest BCUT2D eigenvalue weighted by molar-refractivity contribution is 0.254. The second-order valence-corrected chi connectivity index (χ2v) is 8.37. The fraction of sp³-hybridized carbons (Fsp3) is 0.273. The number of phenols is 2. The number of nitrogens with one attached hydrogen (secondary N) is 2. The molecule has 33 heavy (non-hydrogen) atoms. The van der Waals surface area contributed by atoms with Gasteiger partial charge in [0.05, 0.1) is 12.4 Å². The molecule has 1 saturated heterocycles. The van der Waals surface area contributed by atoms with E-state index in [1.807, 2.05) is 6.21 Å². The van der Waals surface area contributed by atoms with Gasteiger partial charge < -0.3 is 15.1 Å². The number of halogens is 2. The summed E-state index contributed by atoms with van der Waals surface area (Å²) >= 11 is 11.9. The van der Waals surface area contributed by atoms with Crippen LogP contribution in [0.25, 0.3) is 0 Å². The first-order chi connectivity index (χ1) is 15.9. The SMILES string of the molecule is CN1CCC(/C=N/N=C(N/N=C\c2cc(Cl)ccc2O)N/N=C/c2cc(Cl)ccc2O)CC1. The van der Waals surface area contributed by atoms with Crippen LogP contribution in [0.3, 0.4) is 0 Å². The van der Waals surface area contributed by atoms with Crippen molar-refractivity contribution in [3.63, 3.8) is 0 Å². The van der Waals surface area contributed by atoms with Gasteiger partial charge in [-0.05, 0) is 75.3 Å². The zero-order chi connectivity index (χ0) is 23.6. The van der Waals surface area contributed by atoms with Gasteiger partial charge in [-0.3, -0.25) is 0 Å². The molecule has 0 saturated carbocycles. The number of likely N-dealkylation sites (tertiary alicyclic amines) is 1. The second-order valence-electron chi connectivity index (χ2n) is 7.50. The maximum absolute atomic E-state index is 9.91. The third-order valence-electron chi connectivity index (χ3n) is 4.93. The highest BCUT2D eigenvalue weighted by molar-refractivity contribution is 6.31. The van der Waals surface area contributed by atoms with Crippen molar-refractivity contribution < 1.29 is 10.2 Å². The van der Waals surface area contributed by atoms with Crippen molar-refractivity contribution in [1.82, 2.24) is 15.8 Å². The smallest absolute Gasteiger partial charge is 0.257 e. The zero-order valence-corrected chi connectivity index (χ0v) is 19.5. The van der Waals surface area contributed by atoms with Crippen LogP contribution < -0.4 is 10.9 Å². The molecule has 2 aromatic carbocycles. The quantitative estimate of drug-likeness (QED) is 0.280. The minimum absolute atomic E-state index is 0.0335. The molecule has 0 aromatic heterocycles. The monoisotopic (exact) mass is 489 g/mol. The van der Waals surface area contributed by atoms with Crippen molar-refractivity contribution in [1.29, 1.82) is 0 Å². The van der Waals surface area contributed by atoms with Crippen LogP contribution in [0, 0.1) is 5.92 Å². The van der Waals surface area contributed by atoms with E-state index in [-0.39, 0.29) is 17.5 Å². The molecule has 1 fully saturated rings. The molecular weight excluding hydrogens is 465 g/mol. The van der Waals surface area contributed by atoms with Crippen LogP contribution in [-0.2, 0) is 0 Å². The summed E-state index contributed by atoms with van der Waals surface area (Å²) in [5, 5.41) is 37.2. The first kappa shape index (κ1) is 24.5. The molecule has 11 heteroatoms. The third kappa shape index (κ3) is 8.05. The summed E-state index contributed by atoms with van der Waals surface area (Å²) in [7, 11) is 2.10. The molecule has 0 bridgehead atoms. The first-order valence-corrected chi connectivity index (χ1v) is 11.0. The predicted molar refractivity (Wildman–Crippen MR) is 134 cm³/mol. The summed E-state index contributed by atoms with van der Waals surface area (Å²) < 4.78 is 0. The number of guanidine groups is 1. The summed E-state index contributed by atoms with van der Waals surface area (Å²) in [6.45, 7) is 2.04. The molecule has 2 aromatic rings. The molecule has 3 rings (SSSR count). The number of benzene rings is 2. The fourth-order valence-corrected chi connectivity index (χ4v) is 3.38. The van der Waals surface area contributed by atoms with E-state index >= 15 is 0 Å². The number of hydrogen-bond donors (Lipinski definition) is 4. The summed E-state index contributed by atoms with van der Waals surface area (Å²) in [5.74, 6) is 0.553. The minimum atomic E-state index is 0.0335. The van der Waals surface area contributed by atoms with Crippen LogP contribution in [0.2, 0.25) is 10.0 Å². The molecular formula is C22H25Cl2N7O2. The van der Waals surface area contributed by atoms with Crippen LogP contribution in [0.15, 0.2) is 56.8 Å². The third-order valence-corrected chi connectivity index (χ3v) is 5.40. The molecule has 1 heterocycles. The van der Waals surface area contributed by atoms with E-state index < -0.39 is 0 Å². The topological polar surface area (TPSA) is 117 Å². The number of phenolic OH excluding ortho intramolecular Hbond substituents is 2. The van der Waals surface area contributed by atoms with E-state index in [4.69, 9.17) is 23.2 Å². The first-order valence-electron chi connectivity index (χ1n) is 10.3. The van der Waals surface area contributed by atoms with E-state index in [0.717, 1.165) is 25.9 Å². The van der Waals surface area contributed by atoms with Gasteiger partial charge in [-0.2, -0.15) is 15.3 Å². The number of aromatic hydroxyl groups is 2. The van der Waals surface area contributed by atoms with Crippen molar-refractivity contribution in [3.05, 3.63) is 57.6 Å². The highest BCUT2D eigenvalue weighted by Crippen LogP contribution is 2.20. The molecule has 0 aliphatic carbocycles. The molecule has 0 spiro atoms. The molecule has 0 radical (unpaired) electrons. The lowest BCUT2D eigenvalue weighted by Gasteiger charge is -2.26. The minimum Gasteiger partial charge on any atom is -0.507 e. The van der Waals surface area contributed by atoms with E-state index in [0.29, 0.717) is 27.1 Å². The van der Waals surface area contributed by atoms with Crippen molar-refractivity contribution >= 4 is 47.8 Å². The van der Waals surface area contributed by atoms with Gasteiger partial charge in [-0.1, -0.05) is 23.2 Å². The number of rotatable bonds is 6. The molecule has 9 nitrogen and oxygen atoms in total. The van der Waals surface area contributed by atoms with Crippen LogP contribution in [0.4, 0.5) is 0 Å². The number of hydrazone groups is 2. The zero-order valence-electron chi connectivity index (χ0n) is 18.0. The summed E-state index contributed by atoms with van der Waals surface area (Å²) in [4.78, 5) is 2.28. The van der Waals surface area contributed by atoms with Crippen molar-refractivity contribution in [2.75, 3.05) is 20.1 Å². The Labute approximate surface area is 202 Å². The summed E-state index contributed by atoms with van der Waals surface area (Å²) in [5.41, 5.74) is 6.26. The number of nitrogens with zero attached hydrogens (tertiary/aromatic N) is 5. The van der Waals surface area contributed by atoms with Gasteiger partial charge in [0.25, 0.3) is 5.96 Å². The highest BCUT2D eigenvalue weighted by Gasteiger charge is 2.14. The van der Waals surface area contributed by atoms with Gasteiger partial charge >= 0.3 is 0 Å². The molecule has 4 N–H and O–H groups in total. The Kier molecular flexibility index (Phi) is 9.05. The Morgan fingerprint density at radius 3 is 1.97 bits per heavy atom. The van der Waals surface area contributed by atoms with Gasteiger partial charge in [-0.25, -0.2) is 10.9 Å². The Hall–Kier alpha value is -3.14. The van der Waals surface area contributed by atoms with Crippen LogP contribution in [0.5, 0.6) is 11.5 Å². The Morgan fingerprint density at radius 2 is 1.45 bits per heavy atom. The Morgan fingerprint density at radius 1 is 0.939 bits per heavy atom. The lowest BCUT2D eigenvalue weighted by Crippen LogP contribution is -2.31. The highest BCUT2D eigenvalue weighted by atomic mass is 35.5. The average Bonchev–Trinajstić information content (AvgIpc) is 2.79. The van der Waals surface area contributed by atoms with Crippen molar-refractivity contribution in [2.45, 2.75) is 12.8 Å². The van der Waals surface area contributed by atoms with Gasteiger partial charge in [0, 0.05) is 27.4 Å². The standard InChI is InChI=1S/C22H25Cl2N7O2/c1-31-8-6-15(7-9-31)12-25-28-22(29-26-13-16-10-18(23)2-4-20(16)32)30-27-14-17-11-19(24)3-5-21(17)33/h2-5,10-15,32-33H,6-9H2,1H3,(H2,28,29,30)/b25-12+,26-13-,27-14+. The van der Waals surface area contributed by atoms with Gasteiger partial charge in [0.15, 0.2) is 0 Å². The van der Waals surface area contributed by atoms with Crippen molar-refractivity contribution in [3.8, 4) is 11.5 Å². The molecule has 0 atom stereocenters. The van der Waals surface area contributed by atoms with Crippen LogP contribution >= 0.6 is 23.2 Å². The van der Waals surface area contributed by atoms with Gasteiger partial charge in [0.2, 0.25) is 0 Å². The van der Waals surface area contributed by atoms with Gasteiger partial charge in [0.1, 0.15) is 11.5 Å². The van der Waals surface area contributed by atoms with E-state index in [2.05, 4.69) is 43.2 Å². The summed E-state index contributed by atoms with van der Waals surface area (Å²) in [6, 6.07) is 9.26. The number of hydrogen-bond acceptors (Lipinski definition) is 7. The largest absolute Gasteiger partial charge is 0.507 e. The number of piperidine rings is 1.